The molecule has 0 aliphatic heterocycles. The number of carbonyl (C=O) groups is 1. The van der Waals surface area contributed by atoms with Gasteiger partial charge in [-0.25, -0.2) is 4.98 Å². The standard InChI is InChI=1S/C17H13F3N2O2/c1-2-22(16(23)17(18,19)20)12-9-7-11(8-10-12)15-21-13-5-3-4-6-14(13)24-15/h3-10H,2H2,1H3. The lowest BCUT2D eigenvalue weighted by Crippen LogP contribution is -2.41. The van der Waals surface area contributed by atoms with Crippen molar-refractivity contribution in [3.63, 3.8) is 0 Å². The molecule has 0 bridgehead atoms. The minimum atomic E-state index is -4.91. The molecule has 0 saturated heterocycles. The summed E-state index contributed by atoms with van der Waals surface area (Å²) in [6, 6.07) is 13.3. The Morgan fingerprint density at radius 3 is 2.38 bits per heavy atom. The first-order valence-corrected chi connectivity index (χ1v) is 7.25. The quantitative estimate of drug-likeness (QED) is 0.713. The van der Waals surface area contributed by atoms with Crippen LogP contribution in [0.2, 0.25) is 0 Å². The molecule has 3 rings (SSSR count). The van der Waals surface area contributed by atoms with E-state index in [2.05, 4.69) is 4.98 Å². The van der Waals surface area contributed by atoms with Gasteiger partial charge in [-0.2, -0.15) is 13.2 Å². The third-order valence-electron chi connectivity index (χ3n) is 3.52. The van der Waals surface area contributed by atoms with E-state index in [-0.39, 0.29) is 12.2 Å². The number of para-hydroxylation sites is 2. The van der Waals surface area contributed by atoms with E-state index in [1.165, 1.54) is 19.1 Å². The van der Waals surface area contributed by atoms with Crippen LogP contribution in [0.5, 0.6) is 0 Å². The van der Waals surface area contributed by atoms with Crippen LogP contribution >= 0.6 is 0 Å². The summed E-state index contributed by atoms with van der Waals surface area (Å²) in [6.45, 7) is 1.40. The highest BCUT2D eigenvalue weighted by Gasteiger charge is 2.42. The molecule has 0 fully saturated rings. The molecule has 0 unspecified atom stereocenters. The van der Waals surface area contributed by atoms with E-state index >= 15 is 0 Å². The number of aromatic nitrogens is 1. The highest BCUT2D eigenvalue weighted by atomic mass is 19.4. The van der Waals surface area contributed by atoms with Gasteiger partial charge in [-0.05, 0) is 43.3 Å². The number of fused-ring (bicyclic) bond motifs is 1. The maximum atomic E-state index is 12.6. The Morgan fingerprint density at radius 2 is 1.79 bits per heavy atom. The third-order valence-corrected chi connectivity index (χ3v) is 3.52. The van der Waals surface area contributed by atoms with Crippen LogP contribution in [0.1, 0.15) is 6.92 Å². The second-order valence-corrected chi connectivity index (χ2v) is 5.08. The predicted molar refractivity (Wildman–Crippen MR) is 83.5 cm³/mol. The molecule has 0 spiro atoms. The van der Waals surface area contributed by atoms with E-state index in [9.17, 15) is 18.0 Å². The summed E-state index contributed by atoms with van der Waals surface area (Å²) in [7, 11) is 0. The van der Waals surface area contributed by atoms with E-state index in [0.717, 1.165) is 0 Å². The van der Waals surface area contributed by atoms with Gasteiger partial charge in [0.25, 0.3) is 0 Å². The van der Waals surface area contributed by atoms with Crippen molar-refractivity contribution >= 4 is 22.7 Å². The van der Waals surface area contributed by atoms with Gasteiger partial charge in [0.05, 0.1) is 0 Å². The molecule has 3 aromatic rings. The van der Waals surface area contributed by atoms with E-state index < -0.39 is 12.1 Å². The van der Waals surface area contributed by atoms with Gasteiger partial charge in [0, 0.05) is 17.8 Å². The second-order valence-electron chi connectivity index (χ2n) is 5.08. The number of hydrogen-bond acceptors (Lipinski definition) is 3. The van der Waals surface area contributed by atoms with E-state index in [0.29, 0.717) is 27.5 Å². The maximum Gasteiger partial charge on any atom is 0.471 e. The number of amides is 1. The maximum absolute atomic E-state index is 12.6. The molecule has 4 nitrogen and oxygen atoms in total. The van der Waals surface area contributed by atoms with E-state index in [1.54, 1.807) is 24.3 Å². The van der Waals surface area contributed by atoms with Crippen LogP contribution in [0.3, 0.4) is 0 Å². The highest BCUT2D eigenvalue weighted by Crippen LogP contribution is 2.28. The van der Waals surface area contributed by atoms with Crippen LogP contribution in [-0.2, 0) is 4.79 Å². The number of carbonyl (C=O) groups excluding carboxylic acids is 1. The third kappa shape index (κ3) is 2.97. The van der Waals surface area contributed by atoms with Crippen molar-refractivity contribution in [2.75, 3.05) is 11.4 Å². The summed E-state index contributed by atoms with van der Waals surface area (Å²) < 4.78 is 43.5. The molecule has 0 N–H and O–H groups in total. The van der Waals surface area contributed by atoms with E-state index in [4.69, 9.17) is 4.42 Å². The zero-order valence-corrected chi connectivity index (χ0v) is 12.7. The smallest absolute Gasteiger partial charge is 0.436 e. The van der Waals surface area contributed by atoms with Crippen LogP contribution in [0.15, 0.2) is 52.9 Å². The molecule has 1 heterocycles. The average molecular weight is 334 g/mol. The molecule has 2 aromatic carbocycles. The van der Waals surface area contributed by atoms with Crippen molar-refractivity contribution in [1.82, 2.24) is 4.98 Å². The molecule has 0 radical (unpaired) electrons. The fourth-order valence-electron chi connectivity index (χ4n) is 2.38. The first-order valence-electron chi connectivity index (χ1n) is 7.25. The molecule has 1 aromatic heterocycles. The Hall–Kier alpha value is -2.83. The number of hydrogen-bond donors (Lipinski definition) is 0. The summed E-state index contributed by atoms with van der Waals surface area (Å²) in [6.07, 6.45) is -4.91. The monoisotopic (exact) mass is 334 g/mol. The first kappa shape index (κ1) is 16.0. The van der Waals surface area contributed by atoms with Gasteiger partial charge < -0.3 is 9.32 Å². The Morgan fingerprint density at radius 1 is 1.12 bits per heavy atom. The van der Waals surface area contributed by atoms with Gasteiger partial charge in [0.15, 0.2) is 5.58 Å². The minimum Gasteiger partial charge on any atom is -0.436 e. The fraction of sp³-hybridized carbons (Fsp3) is 0.176. The van der Waals surface area contributed by atoms with Crippen molar-refractivity contribution in [3.05, 3.63) is 48.5 Å². The van der Waals surface area contributed by atoms with Gasteiger partial charge in [0.2, 0.25) is 5.89 Å². The van der Waals surface area contributed by atoms with Gasteiger partial charge in [-0.1, -0.05) is 12.1 Å². The second kappa shape index (κ2) is 5.99. The number of oxazole rings is 1. The fourth-order valence-corrected chi connectivity index (χ4v) is 2.38. The largest absolute Gasteiger partial charge is 0.471 e. The van der Waals surface area contributed by atoms with Gasteiger partial charge >= 0.3 is 12.1 Å². The van der Waals surface area contributed by atoms with Crippen LogP contribution in [0, 0.1) is 0 Å². The first-order chi connectivity index (χ1) is 11.4. The van der Waals surface area contributed by atoms with Crippen molar-refractivity contribution in [1.29, 1.82) is 0 Å². The summed E-state index contributed by atoms with van der Waals surface area (Å²) in [4.78, 5) is 16.4. The molecule has 124 valence electrons. The molecule has 1 amide bonds. The number of nitrogens with zero attached hydrogens (tertiary/aromatic N) is 2. The zero-order chi connectivity index (χ0) is 17.3. The van der Waals surface area contributed by atoms with Crippen molar-refractivity contribution in [3.8, 4) is 11.5 Å². The Bertz CT molecular complexity index is 836. The molecular weight excluding hydrogens is 321 g/mol. The molecule has 0 aliphatic rings. The number of rotatable bonds is 3. The Kier molecular flexibility index (Phi) is 4.01. The average Bonchev–Trinajstić information content (AvgIpc) is 2.99. The molecule has 0 aliphatic carbocycles. The van der Waals surface area contributed by atoms with Crippen LogP contribution in [-0.4, -0.2) is 23.6 Å². The lowest BCUT2D eigenvalue weighted by molar-refractivity contribution is -0.170. The summed E-state index contributed by atoms with van der Waals surface area (Å²) >= 11 is 0. The van der Waals surface area contributed by atoms with Gasteiger partial charge in [-0.15, -0.1) is 0 Å². The van der Waals surface area contributed by atoms with Crippen molar-refractivity contribution in [2.45, 2.75) is 13.1 Å². The van der Waals surface area contributed by atoms with Crippen LogP contribution in [0.4, 0.5) is 18.9 Å². The van der Waals surface area contributed by atoms with E-state index in [1.807, 2.05) is 12.1 Å². The lowest BCUT2D eigenvalue weighted by Gasteiger charge is -2.22. The lowest BCUT2D eigenvalue weighted by atomic mass is 10.2. The minimum absolute atomic E-state index is 0.0828. The van der Waals surface area contributed by atoms with Crippen LogP contribution < -0.4 is 4.90 Å². The van der Waals surface area contributed by atoms with Gasteiger partial charge in [-0.3, -0.25) is 4.79 Å². The Labute approximate surface area is 135 Å². The van der Waals surface area contributed by atoms with Gasteiger partial charge in [0.1, 0.15) is 5.52 Å². The molecule has 24 heavy (non-hydrogen) atoms. The van der Waals surface area contributed by atoms with Crippen LogP contribution in [0.25, 0.3) is 22.6 Å². The molecule has 7 heteroatoms. The topological polar surface area (TPSA) is 46.3 Å². The predicted octanol–water partition coefficient (Wildman–Crippen LogP) is 4.41. The molecular formula is C17H13F3N2O2. The summed E-state index contributed by atoms with van der Waals surface area (Å²) in [5, 5.41) is 0. The summed E-state index contributed by atoms with van der Waals surface area (Å²) in [5.74, 6) is -1.52. The number of alkyl halides is 3. The summed E-state index contributed by atoms with van der Waals surface area (Å²) in [5.41, 5.74) is 2.10. The SMILES string of the molecule is CCN(C(=O)C(F)(F)F)c1ccc(-c2nc3ccccc3o2)cc1. The normalized spacial score (nSPS) is 11.7. The molecule has 0 atom stereocenters. The molecule has 0 saturated carbocycles. The number of halogens is 3. The van der Waals surface area contributed by atoms with Crippen molar-refractivity contribution < 1.29 is 22.4 Å². The van der Waals surface area contributed by atoms with Crippen molar-refractivity contribution in [2.24, 2.45) is 0 Å². The Balaban J connectivity index is 1.91. The highest BCUT2D eigenvalue weighted by molar-refractivity contribution is 5.97. The zero-order valence-electron chi connectivity index (χ0n) is 12.7. The number of benzene rings is 2. The number of anilines is 1.